The maximum Gasteiger partial charge on any atom is 0.416 e. The van der Waals surface area contributed by atoms with Crippen molar-refractivity contribution >= 4 is 16.8 Å². The predicted octanol–water partition coefficient (Wildman–Crippen LogP) is 4.97. The SMILES string of the molecule is O=C(NCCCn1ccc2ccccc21)[C@H]1C[C@H]1c1ccc(C(F)(F)F)cc1. The van der Waals surface area contributed by atoms with Gasteiger partial charge in [-0.15, -0.1) is 0 Å². The summed E-state index contributed by atoms with van der Waals surface area (Å²) in [6.07, 6.45) is -0.764. The second kappa shape index (κ2) is 7.34. The van der Waals surface area contributed by atoms with E-state index in [2.05, 4.69) is 28.1 Å². The van der Waals surface area contributed by atoms with Gasteiger partial charge in [0.1, 0.15) is 0 Å². The van der Waals surface area contributed by atoms with Gasteiger partial charge >= 0.3 is 6.18 Å². The number of aromatic nitrogens is 1. The molecule has 1 aromatic heterocycles. The van der Waals surface area contributed by atoms with Crippen molar-refractivity contribution in [1.29, 1.82) is 0 Å². The van der Waals surface area contributed by atoms with Gasteiger partial charge in [0, 0.05) is 30.7 Å². The van der Waals surface area contributed by atoms with Crippen LogP contribution in [0.2, 0.25) is 0 Å². The Morgan fingerprint density at radius 1 is 1.07 bits per heavy atom. The van der Waals surface area contributed by atoms with Gasteiger partial charge in [-0.05, 0) is 54.0 Å². The maximum absolute atomic E-state index is 12.6. The molecule has 146 valence electrons. The monoisotopic (exact) mass is 386 g/mol. The summed E-state index contributed by atoms with van der Waals surface area (Å²) in [6, 6.07) is 15.4. The Hall–Kier alpha value is -2.76. The standard InChI is InChI=1S/C22H21F3N2O/c23-22(24,25)17-8-6-15(7-9-17)18-14-19(18)21(28)26-11-3-12-27-13-10-16-4-1-2-5-20(16)27/h1-2,4-10,13,18-19H,3,11-12,14H2,(H,26,28)/t18-,19-/m0/s1. The van der Waals surface area contributed by atoms with Crippen molar-refractivity contribution in [2.45, 2.75) is 31.5 Å². The molecule has 0 unspecified atom stereocenters. The van der Waals surface area contributed by atoms with Gasteiger partial charge in [-0.25, -0.2) is 0 Å². The van der Waals surface area contributed by atoms with E-state index in [-0.39, 0.29) is 17.7 Å². The van der Waals surface area contributed by atoms with Gasteiger partial charge in [-0.2, -0.15) is 13.2 Å². The van der Waals surface area contributed by atoms with E-state index in [0.717, 1.165) is 30.7 Å². The average molecular weight is 386 g/mol. The Labute approximate surface area is 161 Å². The van der Waals surface area contributed by atoms with Crippen molar-refractivity contribution in [1.82, 2.24) is 9.88 Å². The number of benzene rings is 2. The summed E-state index contributed by atoms with van der Waals surface area (Å²) >= 11 is 0. The van der Waals surface area contributed by atoms with E-state index >= 15 is 0 Å². The number of nitrogens with one attached hydrogen (secondary N) is 1. The molecular formula is C22H21F3N2O. The van der Waals surface area contributed by atoms with Crippen LogP contribution in [0, 0.1) is 5.92 Å². The number of amides is 1. The van der Waals surface area contributed by atoms with Crippen LogP contribution in [0.4, 0.5) is 13.2 Å². The number of fused-ring (bicyclic) bond motifs is 1. The van der Waals surface area contributed by atoms with Crippen molar-refractivity contribution in [2.75, 3.05) is 6.54 Å². The van der Waals surface area contributed by atoms with E-state index in [0.29, 0.717) is 13.0 Å². The zero-order valence-corrected chi connectivity index (χ0v) is 15.2. The molecule has 1 heterocycles. The predicted molar refractivity (Wildman–Crippen MR) is 102 cm³/mol. The summed E-state index contributed by atoms with van der Waals surface area (Å²) in [4.78, 5) is 12.3. The lowest BCUT2D eigenvalue weighted by Gasteiger charge is -2.08. The van der Waals surface area contributed by atoms with E-state index < -0.39 is 11.7 Å². The first kappa shape index (κ1) is 18.6. The van der Waals surface area contributed by atoms with E-state index in [4.69, 9.17) is 0 Å². The van der Waals surface area contributed by atoms with Crippen LogP contribution in [0.5, 0.6) is 0 Å². The summed E-state index contributed by atoms with van der Waals surface area (Å²) in [5.74, 6) is -0.123. The molecule has 2 aromatic carbocycles. The van der Waals surface area contributed by atoms with Crippen molar-refractivity contribution in [3.8, 4) is 0 Å². The molecule has 0 aliphatic heterocycles. The lowest BCUT2D eigenvalue weighted by Crippen LogP contribution is -2.27. The number of rotatable bonds is 6. The zero-order valence-electron chi connectivity index (χ0n) is 15.2. The second-order valence-corrected chi connectivity index (χ2v) is 7.28. The summed E-state index contributed by atoms with van der Waals surface area (Å²) in [7, 11) is 0. The molecular weight excluding hydrogens is 365 g/mol. The van der Waals surface area contributed by atoms with Crippen molar-refractivity contribution < 1.29 is 18.0 Å². The van der Waals surface area contributed by atoms with Crippen LogP contribution in [-0.4, -0.2) is 17.0 Å². The van der Waals surface area contributed by atoms with Crippen molar-refractivity contribution in [2.24, 2.45) is 5.92 Å². The van der Waals surface area contributed by atoms with E-state index in [1.165, 1.54) is 23.0 Å². The smallest absolute Gasteiger partial charge is 0.356 e. The van der Waals surface area contributed by atoms with Crippen LogP contribution >= 0.6 is 0 Å². The van der Waals surface area contributed by atoms with Crippen LogP contribution in [0.15, 0.2) is 60.8 Å². The highest BCUT2D eigenvalue weighted by Crippen LogP contribution is 2.47. The van der Waals surface area contributed by atoms with Gasteiger partial charge in [0.2, 0.25) is 5.91 Å². The highest BCUT2D eigenvalue weighted by molar-refractivity contribution is 5.83. The lowest BCUT2D eigenvalue weighted by atomic mass is 10.1. The number of alkyl halides is 3. The minimum atomic E-state index is -4.33. The molecule has 28 heavy (non-hydrogen) atoms. The molecule has 3 nitrogen and oxygen atoms in total. The van der Waals surface area contributed by atoms with Gasteiger partial charge in [0.25, 0.3) is 0 Å². The van der Waals surface area contributed by atoms with Gasteiger partial charge in [-0.3, -0.25) is 4.79 Å². The molecule has 2 atom stereocenters. The van der Waals surface area contributed by atoms with Gasteiger partial charge in [0.15, 0.2) is 0 Å². The van der Waals surface area contributed by atoms with Crippen LogP contribution in [0.1, 0.15) is 29.9 Å². The van der Waals surface area contributed by atoms with E-state index in [1.54, 1.807) is 0 Å². The third kappa shape index (κ3) is 3.91. The molecule has 1 aliphatic rings. The molecule has 0 saturated heterocycles. The molecule has 1 aliphatic carbocycles. The van der Waals surface area contributed by atoms with Crippen LogP contribution in [0.3, 0.4) is 0 Å². The minimum absolute atomic E-state index is 0.0118. The first-order chi connectivity index (χ1) is 13.4. The minimum Gasteiger partial charge on any atom is -0.356 e. The molecule has 1 fully saturated rings. The quantitative estimate of drug-likeness (QED) is 0.597. The zero-order chi connectivity index (χ0) is 19.7. The number of nitrogens with zero attached hydrogens (tertiary/aromatic N) is 1. The Balaban J connectivity index is 1.24. The molecule has 1 saturated carbocycles. The highest BCUT2D eigenvalue weighted by Gasteiger charge is 2.44. The summed E-state index contributed by atoms with van der Waals surface area (Å²) in [5.41, 5.74) is 1.32. The Bertz CT molecular complexity index is 975. The second-order valence-electron chi connectivity index (χ2n) is 7.28. The van der Waals surface area contributed by atoms with Crippen molar-refractivity contribution in [3.63, 3.8) is 0 Å². The fourth-order valence-electron chi connectivity index (χ4n) is 3.70. The lowest BCUT2D eigenvalue weighted by molar-refractivity contribution is -0.137. The molecule has 0 spiro atoms. The Morgan fingerprint density at radius 3 is 2.57 bits per heavy atom. The van der Waals surface area contributed by atoms with Crippen LogP contribution in [0.25, 0.3) is 10.9 Å². The molecule has 3 aromatic rings. The molecule has 1 amide bonds. The third-order valence-electron chi connectivity index (χ3n) is 5.35. The molecule has 1 N–H and O–H groups in total. The first-order valence-electron chi connectivity index (χ1n) is 9.42. The normalized spacial score (nSPS) is 19.0. The summed E-state index contributed by atoms with van der Waals surface area (Å²) < 4.78 is 40.1. The Morgan fingerprint density at radius 2 is 1.82 bits per heavy atom. The number of para-hydroxylation sites is 1. The number of halogens is 3. The third-order valence-corrected chi connectivity index (χ3v) is 5.35. The molecule has 0 radical (unpaired) electrons. The van der Waals surface area contributed by atoms with Crippen LogP contribution < -0.4 is 5.32 Å². The van der Waals surface area contributed by atoms with Gasteiger partial charge in [0.05, 0.1) is 5.56 Å². The maximum atomic E-state index is 12.6. The molecule has 4 rings (SSSR count). The first-order valence-corrected chi connectivity index (χ1v) is 9.42. The summed E-state index contributed by atoms with van der Waals surface area (Å²) in [6.45, 7) is 1.41. The summed E-state index contributed by atoms with van der Waals surface area (Å²) in [5, 5.41) is 4.16. The number of aryl methyl sites for hydroxylation is 1. The van der Waals surface area contributed by atoms with E-state index in [1.807, 2.05) is 18.3 Å². The van der Waals surface area contributed by atoms with Gasteiger partial charge in [-0.1, -0.05) is 30.3 Å². The number of carbonyl (C=O) groups excluding carboxylic acids is 1. The van der Waals surface area contributed by atoms with Crippen molar-refractivity contribution in [3.05, 3.63) is 71.9 Å². The average Bonchev–Trinajstić information content (AvgIpc) is 3.39. The van der Waals surface area contributed by atoms with Gasteiger partial charge < -0.3 is 9.88 Å². The number of hydrogen-bond acceptors (Lipinski definition) is 1. The fraction of sp³-hybridized carbons (Fsp3) is 0.318. The molecule has 6 heteroatoms. The Kier molecular flexibility index (Phi) is 4.87. The highest BCUT2D eigenvalue weighted by atomic mass is 19.4. The number of carbonyl (C=O) groups is 1. The number of hydrogen-bond donors (Lipinski definition) is 1. The van der Waals surface area contributed by atoms with E-state index in [9.17, 15) is 18.0 Å². The fourth-order valence-corrected chi connectivity index (χ4v) is 3.70. The molecule has 0 bridgehead atoms. The van der Waals surface area contributed by atoms with Crippen LogP contribution in [-0.2, 0) is 17.5 Å². The topological polar surface area (TPSA) is 34.0 Å². The largest absolute Gasteiger partial charge is 0.416 e.